The Morgan fingerprint density at radius 2 is 1.86 bits per heavy atom. The smallest absolute Gasteiger partial charge is 0.263 e. The first-order chi connectivity index (χ1) is 3.13. The summed E-state index contributed by atoms with van der Waals surface area (Å²) < 4.78 is 19.0. The van der Waals surface area contributed by atoms with Gasteiger partial charge < -0.3 is 11.5 Å². The first-order valence-electron chi connectivity index (χ1n) is 1.36. The predicted octanol–water partition coefficient (Wildman–Crippen LogP) is -1.97. The minimum atomic E-state index is -2.38. The van der Waals surface area contributed by atoms with Crippen molar-refractivity contribution in [1.82, 2.24) is 0 Å². The van der Waals surface area contributed by atoms with Gasteiger partial charge in [0, 0.05) is 0 Å². The average molecular weight is 120 g/mol. The van der Waals surface area contributed by atoms with Gasteiger partial charge in [0.2, 0.25) is 0 Å². The molecule has 0 unspecified atom stereocenters. The standard InChI is InChI=1S/C2H4N2O2S/c3-2(4)1-7(5)6/h3-4H2. The molecule has 0 atom stereocenters. The van der Waals surface area contributed by atoms with E-state index >= 15 is 0 Å². The van der Waals surface area contributed by atoms with Crippen LogP contribution in [0.3, 0.4) is 0 Å². The van der Waals surface area contributed by atoms with Crippen LogP contribution in [-0.2, 0) is 10.3 Å². The first kappa shape index (κ1) is 6.07. The Morgan fingerprint density at radius 3 is 1.86 bits per heavy atom. The van der Waals surface area contributed by atoms with Gasteiger partial charge in [0.15, 0.2) is 5.82 Å². The molecule has 0 aromatic carbocycles. The number of hydrogen-bond donors (Lipinski definition) is 2. The van der Waals surface area contributed by atoms with Crippen LogP contribution in [0.1, 0.15) is 0 Å². The van der Waals surface area contributed by atoms with E-state index in [4.69, 9.17) is 0 Å². The quantitative estimate of drug-likeness (QED) is 0.363. The zero-order valence-corrected chi connectivity index (χ0v) is 4.20. The molecule has 0 fully saturated rings. The largest absolute Gasteiger partial charge is 0.378 e. The molecule has 0 saturated carbocycles. The maximum atomic E-state index is 9.52. The fourth-order valence-electron chi connectivity index (χ4n) is 0.0962. The monoisotopic (exact) mass is 120 g/mol. The molecule has 0 heterocycles. The predicted molar refractivity (Wildman–Crippen MR) is 25.8 cm³/mol. The summed E-state index contributed by atoms with van der Waals surface area (Å²) in [7, 11) is -2.38. The van der Waals surface area contributed by atoms with Crippen molar-refractivity contribution in [3.63, 3.8) is 0 Å². The summed E-state index contributed by atoms with van der Waals surface area (Å²) >= 11 is 0. The van der Waals surface area contributed by atoms with Crippen molar-refractivity contribution in [2.45, 2.75) is 0 Å². The van der Waals surface area contributed by atoms with Gasteiger partial charge in [-0.25, -0.2) is 0 Å². The van der Waals surface area contributed by atoms with Crippen LogP contribution in [0.5, 0.6) is 0 Å². The lowest BCUT2D eigenvalue weighted by molar-refractivity contribution is 0.627. The molecule has 5 heteroatoms. The van der Waals surface area contributed by atoms with Gasteiger partial charge in [-0.15, -0.1) is 0 Å². The van der Waals surface area contributed by atoms with Gasteiger partial charge in [0.25, 0.3) is 10.3 Å². The highest BCUT2D eigenvalue weighted by Gasteiger charge is 1.65. The third-order valence-corrected chi connectivity index (χ3v) is 0.604. The van der Waals surface area contributed by atoms with E-state index in [1.165, 1.54) is 0 Å². The van der Waals surface area contributed by atoms with Gasteiger partial charge in [-0.3, -0.25) is 0 Å². The SMILES string of the molecule is NC(N)=C=S(=O)=O. The van der Waals surface area contributed by atoms with E-state index in [9.17, 15) is 8.42 Å². The Kier molecular flexibility index (Phi) is 1.98. The molecule has 0 aromatic rings. The third-order valence-electron chi connectivity index (χ3n) is 0.201. The minimum absolute atomic E-state index is 0.326. The van der Waals surface area contributed by atoms with E-state index in [0.717, 1.165) is 0 Å². The molecule has 0 spiro atoms. The molecule has 40 valence electrons. The summed E-state index contributed by atoms with van der Waals surface area (Å²) in [5.41, 5.74) is 9.37. The van der Waals surface area contributed by atoms with Crippen LogP contribution in [-0.4, -0.2) is 13.4 Å². The van der Waals surface area contributed by atoms with Crippen molar-refractivity contribution < 1.29 is 8.42 Å². The van der Waals surface area contributed by atoms with Gasteiger partial charge in [0.05, 0.1) is 5.02 Å². The van der Waals surface area contributed by atoms with Crippen molar-refractivity contribution >= 4 is 15.3 Å². The van der Waals surface area contributed by atoms with Crippen molar-refractivity contribution in [3.8, 4) is 0 Å². The van der Waals surface area contributed by atoms with Gasteiger partial charge in [-0.1, -0.05) is 0 Å². The Bertz CT molecular complexity index is 196. The van der Waals surface area contributed by atoms with E-state index in [1.807, 2.05) is 0 Å². The first-order valence-corrected chi connectivity index (χ1v) is 2.44. The molecular weight excluding hydrogens is 116 g/mol. The van der Waals surface area contributed by atoms with E-state index in [2.05, 4.69) is 11.5 Å². The zero-order valence-electron chi connectivity index (χ0n) is 3.38. The van der Waals surface area contributed by atoms with Crippen LogP contribution >= 0.6 is 0 Å². The number of rotatable bonds is 0. The highest BCUT2D eigenvalue weighted by molar-refractivity contribution is 7.70. The molecule has 0 radical (unpaired) electrons. The Balaban J connectivity index is 4.88. The molecule has 0 aliphatic carbocycles. The number of hydrogen-bond acceptors (Lipinski definition) is 4. The van der Waals surface area contributed by atoms with Gasteiger partial charge in [-0.2, -0.15) is 8.42 Å². The summed E-state index contributed by atoms with van der Waals surface area (Å²) in [5.74, 6) is -0.326. The van der Waals surface area contributed by atoms with Crippen molar-refractivity contribution in [2.75, 3.05) is 0 Å². The lowest BCUT2D eigenvalue weighted by atomic mass is 10.9. The Hall–Kier alpha value is -0.930. The van der Waals surface area contributed by atoms with Crippen LogP contribution in [0.2, 0.25) is 0 Å². The molecule has 0 aromatic heterocycles. The van der Waals surface area contributed by atoms with Crippen LogP contribution in [0, 0.1) is 0 Å². The molecule has 0 bridgehead atoms. The zero-order chi connectivity index (χ0) is 5.86. The molecule has 0 amide bonds. The van der Waals surface area contributed by atoms with E-state index in [0.29, 0.717) is 0 Å². The van der Waals surface area contributed by atoms with Crippen LogP contribution in [0.15, 0.2) is 5.82 Å². The van der Waals surface area contributed by atoms with Crippen LogP contribution in [0.25, 0.3) is 0 Å². The van der Waals surface area contributed by atoms with Crippen molar-refractivity contribution in [1.29, 1.82) is 0 Å². The lowest BCUT2D eigenvalue weighted by Crippen LogP contribution is -2.08. The summed E-state index contributed by atoms with van der Waals surface area (Å²) in [4.78, 5) is 0. The second kappa shape index (κ2) is 2.28. The van der Waals surface area contributed by atoms with Gasteiger partial charge in [0.1, 0.15) is 0 Å². The van der Waals surface area contributed by atoms with Crippen molar-refractivity contribution in [3.05, 3.63) is 5.82 Å². The Labute approximate surface area is 42.0 Å². The highest BCUT2D eigenvalue weighted by Crippen LogP contribution is 1.42. The average Bonchev–Trinajstić information content (AvgIpc) is 1.27. The molecular formula is C2H4N2O2S. The molecule has 7 heavy (non-hydrogen) atoms. The maximum Gasteiger partial charge on any atom is 0.263 e. The highest BCUT2D eigenvalue weighted by atomic mass is 32.2. The van der Waals surface area contributed by atoms with E-state index < -0.39 is 10.3 Å². The normalized spacial score (nSPS) is 6.86. The Morgan fingerprint density at radius 1 is 1.43 bits per heavy atom. The minimum Gasteiger partial charge on any atom is -0.378 e. The summed E-state index contributed by atoms with van der Waals surface area (Å²) in [6, 6.07) is 0. The summed E-state index contributed by atoms with van der Waals surface area (Å²) in [6.07, 6.45) is 0. The summed E-state index contributed by atoms with van der Waals surface area (Å²) in [5, 5.41) is 1.69. The molecule has 4 N–H and O–H groups in total. The number of nitrogens with two attached hydrogens (primary N) is 2. The molecule has 0 saturated heterocycles. The van der Waals surface area contributed by atoms with Crippen LogP contribution in [0.4, 0.5) is 0 Å². The second-order valence-corrected chi connectivity index (χ2v) is 1.47. The maximum absolute atomic E-state index is 9.52. The molecule has 0 aliphatic heterocycles. The lowest BCUT2D eigenvalue weighted by Gasteiger charge is -1.71. The van der Waals surface area contributed by atoms with Gasteiger partial charge in [-0.05, 0) is 0 Å². The molecule has 4 nitrogen and oxygen atoms in total. The topological polar surface area (TPSA) is 86.2 Å². The van der Waals surface area contributed by atoms with E-state index in [1.54, 1.807) is 5.02 Å². The van der Waals surface area contributed by atoms with Gasteiger partial charge >= 0.3 is 0 Å². The fourth-order valence-corrected chi connectivity index (χ4v) is 0.289. The fraction of sp³-hybridized carbons (Fsp3) is 0. The molecule has 0 rings (SSSR count). The van der Waals surface area contributed by atoms with E-state index in [-0.39, 0.29) is 5.82 Å². The van der Waals surface area contributed by atoms with Crippen LogP contribution < -0.4 is 11.5 Å². The third kappa shape index (κ3) is 5.07. The van der Waals surface area contributed by atoms with Crippen molar-refractivity contribution in [2.24, 2.45) is 11.5 Å². The molecule has 0 aliphatic rings. The summed E-state index contributed by atoms with van der Waals surface area (Å²) in [6.45, 7) is 0. The second-order valence-electron chi connectivity index (χ2n) is 0.792.